The first-order chi connectivity index (χ1) is 9.26. The quantitative estimate of drug-likeness (QED) is 0.292. The maximum absolute atomic E-state index is 6.04. The third-order valence-electron chi connectivity index (χ3n) is 4.03. The van der Waals surface area contributed by atoms with Crippen LogP contribution < -0.4 is 0 Å². The number of epoxide rings is 1. The standard InChI is InChI=1S/C15H32O3Si/c1-4-6-10-19(16-3,11-7-5-2)12-8-9-17-13-15-14-18-15/h15H,4-14H2,1-3H3. The van der Waals surface area contributed by atoms with Crippen LogP contribution in [-0.2, 0) is 13.9 Å². The largest absolute Gasteiger partial charge is 0.420 e. The van der Waals surface area contributed by atoms with Crippen LogP contribution in [-0.4, -0.2) is 41.4 Å². The van der Waals surface area contributed by atoms with Crippen LogP contribution in [0.5, 0.6) is 0 Å². The lowest BCUT2D eigenvalue weighted by Gasteiger charge is -2.30. The summed E-state index contributed by atoms with van der Waals surface area (Å²) in [5.74, 6) is 0. The van der Waals surface area contributed by atoms with Crippen LogP contribution in [0.1, 0.15) is 46.0 Å². The first-order valence-electron chi connectivity index (χ1n) is 8.01. The molecule has 0 saturated carbocycles. The lowest BCUT2D eigenvalue weighted by Crippen LogP contribution is -2.37. The van der Waals surface area contributed by atoms with E-state index in [2.05, 4.69) is 13.8 Å². The maximum Gasteiger partial charge on any atom is 0.192 e. The molecule has 4 heteroatoms. The lowest BCUT2D eigenvalue weighted by molar-refractivity contribution is 0.116. The van der Waals surface area contributed by atoms with E-state index in [1.54, 1.807) is 0 Å². The Morgan fingerprint density at radius 2 is 1.63 bits per heavy atom. The molecule has 1 heterocycles. The van der Waals surface area contributed by atoms with E-state index in [-0.39, 0.29) is 0 Å². The fraction of sp³-hybridized carbons (Fsp3) is 1.00. The molecule has 1 aliphatic heterocycles. The van der Waals surface area contributed by atoms with E-state index >= 15 is 0 Å². The zero-order valence-corrected chi connectivity index (χ0v) is 14.1. The highest BCUT2D eigenvalue weighted by atomic mass is 28.4. The third-order valence-corrected chi connectivity index (χ3v) is 8.69. The van der Waals surface area contributed by atoms with Crippen molar-refractivity contribution in [2.45, 2.75) is 70.2 Å². The minimum absolute atomic E-state index is 0.393. The van der Waals surface area contributed by atoms with Gasteiger partial charge in [0.1, 0.15) is 6.10 Å². The van der Waals surface area contributed by atoms with Crippen LogP contribution in [0, 0.1) is 0 Å². The van der Waals surface area contributed by atoms with Gasteiger partial charge in [0.15, 0.2) is 8.32 Å². The van der Waals surface area contributed by atoms with Gasteiger partial charge in [0.05, 0.1) is 13.2 Å². The van der Waals surface area contributed by atoms with Crippen LogP contribution in [0.3, 0.4) is 0 Å². The van der Waals surface area contributed by atoms with Crippen LogP contribution in [0.2, 0.25) is 18.1 Å². The van der Waals surface area contributed by atoms with Crippen molar-refractivity contribution in [2.75, 3.05) is 26.9 Å². The second kappa shape index (κ2) is 9.92. The van der Waals surface area contributed by atoms with Crippen molar-refractivity contribution in [3.63, 3.8) is 0 Å². The van der Waals surface area contributed by atoms with Gasteiger partial charge in [-0.15, -0.1) is 0 Å². The van der Waals surface area contributed by atoms with E-state index in [4.69, 9.17) is 13.9 Å². The van der Waals surface area contributed by atoms with Crippen molar-refractivity contribution >= 4 is 8.32 Å². The van der Waals surface area contributed by atoms with Gasteiger partial charge in [-0.3, -0.25) is 0 Å². The highest BCUT2D eigenvalue weighted by Crippen LogP contribution is 2.28. The summed E-state index contributed by atoms with van der Waals surface area (Å²) in [7, 11) is 0.457. The van der Waals surface area contributed by atoms with Gasteiger partial charge in [0, 0.05) is 13.7 Å². The van der Waals surface area contributed by atoms with Gasteiger partial charge >= 0.3 is 0 Å². The average Bonchev–Trinajstić information content (AvgIpc) is 3.25. The summed E-state index contributed by atoms with van der Waals surface area (Å²) < 4.78 is 16.8. The molecule has 1 fully saturated rings. The molecule has 3 nitrogen and oxygen atoms in total. The fourth-order valence-electron chi connectivity index (χ4n) is 2.55. The molecule has 1 unspecified atom stereocenters. The van der Waals surface area contributed by atoms with E-state index in [0.29, 0.717) is 6.10 Å². The molecule has 114 valence electrons. The molecule has 1 rings (SSSR count). The first-order valence-corrected chi connectivity index (χ1v) is 10.5. The minimum atomic E-state index is -1.48. The van der Waals surface area contributed by atoms with Gasteiger partial charge in [-0.1, -0.05) is 39.5 Å². The van der Waals surface area contributed by atoms with Crippen LogP contribution in [0.15, 0.2) is 0 Å². The molecule has 0 N–H and O–H groups in total. The summed E-state index contributed by atoms with van der Waals surface area (Å²) in [5, 5.41) is 0. The van der Waals surface area contributed by atoms with Gasteiger partial charge in [-0.05, 0) is 24.6 Å². The average molecular weight is 289 g/mol. The summed E-state index contributed by atoms with van der Waals surface area (Å²) in [6.07, 6.45) is 6.74. The normalized spacial score (nSPS) is 18.8. The monoisotopic (exact) mass is 288 g/mol. The Balaban J connectivity index is 2.23. The van der Waals surface area contributed by atoms with Crippen LogP contribution in [0.25, 0.3) is 0 Å². The van der Waals surface area contributed by atoms with Gasteiger partial charge in [0.2, 0.25) is 0 Å². The molecule has 0 aromatic heterocycles. The molecule has 0 spiro atoms. The maximum atomic E-state index is 6.04. The third kappa shape index (κ3) is 7.44. The summed E-state index contributed by atoms with van der Waals surface area (Å²) in [6.45, 7) is 7.09. The summed E-state index contributed by atoms with van der Waals surface area (Å²) in [6, 6.07) is 3.91. The number of hydrogen-bond acceptors (Lipinski definition) is 3. The van der Waals surface area contributed by atoms with Gasteiger partial charge in [-0.2, -0.15) is 0 Å². The van der Waals surface area contributed by atoms with Gasteiger partial charge < -0.3 is 13.9 Å². The number of rotatable bonds is 13. The van der Waals surface area contributed by atoms with E-state index < -0.39 is 8.32 Å². The second-order valence-corrected chi connectivity index (χ2v) is 10.0. The minimum Gasteiger partial charge on any atom is -0.420 e. The number of unbranched alkanes of at least 4 members (excludes halogenated alkanes) is 2. The Labute approximate surface area is 120 Å². The van der Waals surface area contributed by atoms with E-state index in [9.17, 15) is 0 Å². The van der Waals surface area contributed by atoms with Gasteiger partial charge in [-0.25, -0.2) is 0 Å². The molecular formula is C15H32O3Si. The lowest BCUT2D eigenvalue weighted by atomic mass is 10.4. The Bertz CT molecular complexity index is 211. The predicted molar refractivity (Wildman–Crippen MR) is 82.2 cm³/mol. The number of ether oxygens (including phenoxy) is 2. The van der Waals surface area contributed by atoms with Crippen molar-refractivity contribution in [3.8, 4) is 0 Å². The molecule has 0 aromatic carbocycles. The first kappa shape index (κ1) is 17.1. The molecule has 1 atom stereocenters. The molecule has 0 bridgehead atoms. The summed E-state index contributed by atoms with van der Waals surface area (Å²) in [5.41, 5.74) is 0. The molecule has 0 amide bonds. The molecule has 0 aromatic rings. The van der Waals surface area contributed by atoms with Gasteiger partial charge in [0.25, 0.3) is 0 Å². The fourth-order valence-corrected chi connectivity index (χ4v) is 6.70. The Hall–Kier alpha value is 0.0969. The Morgan fingerprint density at radius 1 is 1.05 bits per heavy atom. The molecule has 0 aliphatic carbocycles. The van der Waals surface area contributed by atoms with Crippen LogP contribution >= 0.6 is 0 Å². The van der Waals surface area contributed by atoms with Crippen molar-refractivity contribution < 1.29 is 13.9 Å². The SMILES string of the molecule is CCCC[Si](CCCC)(CCCOCC1CO1)OC. The molecule has 0 radical (unpaired) electrons. The smallest absolute Gasteiger partial charge is 0.192 e. The highest BCUT2D eigenvalue weighted by Gasteiger charge is 2.32. The topological polar surface area (TPSA) is 31.0 Å². The van der Waals surface area contributed by atoms with Crippen LogP contribution in [0.4, 0.5) is 0 Å². The second-order valence-electron chi connectivity index (χ2n) is 5.73. The summed E-state index contributed by atoms with van der Waals surface area (Å²) in [4.78, 5) is 0. The van der Waals surface area contributed by atoms with Crippen molar-refractivity contribution in [3.05, 3.63) is 0 Å². The van der Waals surface area contributed by atoms with Crippen molar-refractivity contribution in [1.29, 1.82) is 0 Å². The number of hydrogen-bond donors (Lipinski definition) is 0. The van der Waals surface area contributed by atoms with Crippen molar-refractivity contribution in [2.24, 2.45) is 0 Å². The zero-order valence-electron chi connectivity index (χ0n) is 13.1. The molecular weight excluding hydrogens is 256 g/mol. The Morgan fingerprint density at radius 3 is 2.11 bits per heavy atom. The predicted octanol–water partition coefficient (Wildman–Crippen LogP) is 3.98. The summed E-state index contributed by atoms with van der Waals surface area (Å²) >= 11 is 0. The zero-order chi connectivity index (χ0) is 14.0. The van der Waals surface area contributed by atoms with E-state index in [1.165, 1.54) is 43.8 Å². The van der Waals surface area contributed by atoms with Crippen molar-refractivity contribution in [1.82, 2.24) is 0 Å². The molecule has 19 heavy (non-hydrogen) atoms. The highest BCUT2D eigenvalue weighted by molar-refractivity contribution is 6.73. The molecule has 1 aliphatic rings. The van der Waals surface area contributed by atoms with E-state index in [1.807, 2.05) is 7.11 Å². The van der Waals surface area contributed by atoms with E-state index in [0.717, 1.165) is 26.2 Å². The Kier molecular flexibility index (Phi) is 8.95. The molecule has 1 saturated heterocycles.